The van der Waals surface area contributed by atoms with E-state index in [0.717, 1.165) is 21.7 Å². The Bertz CT molecular complexity index is 1230. The Morgan fingerprint density at radius 1 is 1.08 bits per heavy atom. The first kappa shape index (κ1) is 26.6. The fourth-order valence-electron chi connectivity index (χ4n) is 3.57. The number of rotatable bonds is 12. The fourth-order valence-corrected chi connectivity index (χ4v) is 4.25. The number of aliphatic imine (C=N–C) groups is 1. The molecule has 36 heavy (non-hydrogen) atoms. The Labute approximate surface area is 214 Å². The molecular weight excluding hydrogens is 472 g/mol. The van der Waals surface area contributed by atoms with Crippen molar-refractivity contribution in [1.29, 1.82) is 5.41 Å². The smallest absolute Gasteiger partial charge is 0.303 e. The topological polar surface area (TPSA) is 129 Å². The highest BCUT2D eigenvalue weighted by Gasteiger charge is 2.22. The minimum atomic E-state index is -0.946. The van der Waals surface area contributed by atoms with Gasteiger partial charge in [0.1, 0.15) is 0 Å². The van der Waals surface area contributed by atoms with Crippen LogP contribution in [-0.2, 0) is 9.59 Å². The maximum atomic E-state index is 12.8. The van der Waals surface area contributed by atoms with Gasteiger partial charge < -0.3 is 21.6 Å². The molecule has 3 rings (SSSR count). The number of carbonyl (C=O) groups excluding carboxylic acids is 1. The number of nitrogens with two attached hydrogens (primary N) is 1. The Morgan fingerprint density at radius 3 is 2.44 bits per heavy atom. The van der Waals surface area contributed by atoms with Crippen molar-refractivity contribution < 1.29 is 14.7 Å². The number of carboxylic acids is 1. The highest BCUT2D eigenvalue weighted by Crippen LogP contribution is 2.22. The molecule has 0 fully saturated rings. The summed E-state index contributed by atoms with van der Waals surface area (Å²) in [5, 5.41) is 22.5. The molecule has 1 aromatic heterocycles. The molecule has 1 atom stereocenters. The average Bonchev–Trinajstić information content (AvgIpc) is 3.40. The van der Waals surface area contributed by atoms with Gasteiger partial charge in [-0.1, -0.05) is 54.1 Å². The van der Waals surface area contributed by atoms with E-state index in [4.69, 9.17) is 16.2 Å². The van der Waals surface area contributed by atoms with Crippen LogP contribution in [0, 0.1) is 12.3 Å². The molecule has 0 radical (unpaired) electrons. The molecule has 0 aliphatic heterocycles. The second kappa shape index (κ2) is 13.2. The number of aryl methyl sites for hydroxylation is 1. The van der Waals surface area contributed by atoms with Crippen LogP contribution >= 0.6 is 11.3 Å². The third-order valence-corrected chi connectivity index (χ3v) is 6.44. The molecule has 0 aliphatic carbocycles. The summed E-state index contributed by atoms with van der Waals surface area (Å²) in [6, 6.07) is 20.3. The van der Waals surface area contributed by atoms with Crippen molar-refractivity contribution in [2.45, 2.75) is 38.6 Å². The number of nitrogens with one attached hydrogen (secondary N) is 2. The number of hydrogen-bond donors (Lipinski definition) is 4. The summed E-state index contributed by atoms with van der Waals surface area (Å²) in [7, 11) is 0. The zero-order chi connectivity index (χ0) is 25.9. The molecule has 8 heteroatoms. The number of carbonyl (C=O) groups is 2. The van der Waals surface area contributed by atoms with Crippen molar-refractivity contribution in [2.75, 3.05) is 0 Å². The number of thiophene rings is 1. The third-order valence-electron chi connectivity index (χ3n) is 5.51. The normalized spacial score (nSPS) is 12.7. The summed E-state index contributed by atoms with van der Waals surface area (Å²) in [4.78, 5) is 29.1. The molecule has 3 aromatic rings. The maximum Gasteiger partial charge on any atom is 0.303 e. The molecule has 0 saturated carbocycles. The average molecular weight is 503 g/mol. The number of nitrogens with zero attached hydrogens (tertiary/aromatic N) is 1. The van der Waals surface area contributed by atoms with E-state index in [1.165, 1.54) is 11.3 Å². The lowest BCUT2D eigenvalue weighted by Gasteiger charge is -2.22. The summed E-state index contributed by atoms with van der Waals surface area (Å²) in [5.41, 5.74) is 10.6. The van der Waals surface area contributed by atoms with Crippen molar-refractivity contribution in [3.8, 4) is 0 Å². The van der Waals surface area contributed by atoms with Crippen molar-refractivity contribution in [3.63, 3.8) is 0 Å². The van der Waals surface area contributed by atoms with Crippen LogP contribution in [0.1, 0.15) is 41.7 Å². The van der Waals surface area contributed by atoms with Crippen molar-refractivity contribution in [2.24, 2.45) is 10.7 Å². The predicted molar refractivity (Wildman–Crippen MR) is 146 cm³/mol. The van der Waals surface area contributed by atoms with Crippen LogP contribution in [0.2, 0.25) is 0 Å². The Balaban J connectivity index is 2.00. The van der Waals surface area contributed by atoms with Gasteiger partial charge in [-0.3, -0.25) is 14.6 Å². The molecule has 0 saturated heterocycles. The monoisotopic (exact) mass is 502 g/mol. The van der Waals surface area contributed by atoms with Crippen LogP contribution in [0.3, 0.4) is 0 Å². The van der Waals surface area contributed by atoms with E-state index in [-0.39, 0.29) is 31.6 Å². The van der Waals surface area contributed by atoms with E-state index in [0.29, 0.717) is 17.0 Å². The van der Waals surface area contributed by atoms with E-state index < -0.39 is 12.0 Å². The van der Waals surface area contributed by atoms with Gasteiger partial charge in [0, 0.05) is 41.6 Å². The van der Waals surface area contributed by atoms with Gasteiger partial charge in [-0.05, 0) is 42.5 Å². The van der Waals surface area contributed by atoms with E-state index in [1.807, 2.05) is 79.0 Å². The molecule has 1 heterocycles. The van der Waals surface area contributed by atoms with Gasteiger partial charge in [0.2, 0.25) is 5.91 Å². The third kappa shape index (κ3) is 8.02. The summed E-state index contributed by atoms with van der Waals surface area (Å²) in [6.45, 7) is 1.99. The second-order valence-corrected chi connectivity index (χ2v) is 9.30. The molecule has 0 aliphatic rings. The number of benzene rings is 2. The Hall–Kier alpha value is -4.04. The highest BCUT2D eigenvalue weighted by molar-refractivity contribution is 7.12. The molecule has 186 valence electrons. The number of hydrogen-bond acceptors (Lipinski definition) is 6. The van der Waals surface area contributed by atoms with Gasteiger partial charge in [0.15, 0.2) is 0 Å². The zero-order valence-corrected chi connectivity index (χ0v) is 20.9. The van der Waals surface area contributed by atoms with Crippen LogP contribution in [0.4, 0.5) is 5.69 Å². The van der Waals surface area contributed by atoms with Gasteiger partial charge in [-0.2, -0.15) is 0 Å². The van der Waals surface area contributed by atoms with Gasteiger partial charge in [-0.25, -0.2) is 0 Å². The molecule has 5 N–H and O–H groups in total. The van der Waals surface area contributed by atoms with Crippen molar-refractivity contribution in [3.05, 3.63) is 93.7 Å². The predicted octanol–water partition coefficient (Wildman–Crippen LogP) is 5.33. The second-order valence-electron chi connectivity index (χ2n) is 8.36. The summed E-state index contributed by atoms with van der Waals surface area (Å²) in [6.07, 6.45) is 2.04. The summed E-state index contributed by atoms with van der Waals surface area (Å²) >= 11 is 1.45. The molecule has 0 bridgehead atoms. The minimum Gasteiger partial charge on any atom is -0.481 e. The first-order valence-electron chi connectivity index (χ1n) is 11.6. The van der Waals surface area contributed by atoms with Crippen LogP contribution in [0.25, 0.3) is 5.70 Å². The SMILES string of the molecule is Cc1ccc(C(N)=C(C=Nc2ccccc2)C(CC(=N)c2cccs2)NC(=O)CCCC(=O)O)cc1. The van der Waals surface area contributed by atoms with Gasteiger partial charge >= 0.3 is 5.97 Å². The summed E-state index contributed by atoms with van der Waals surface area (Å²) < 4.78 is 0. The maximum absolute atomic E-state index is 12.8. The minimum absolute atomic E-state index is 0.0582. The molecule has 1 unspecified atom stereocenters. The fraction of sp³-hybridized carbons (Fsp3) is 0.214. The first-order valence-corrected chi connectivity index (χ1v) is 12.5. The van der Waals surface area contributed by atoms with Crippen LogP contribution in [0.15, 0.2) is 82.7 Å². The van der Waals surface area contributed by atoms with Gasteiger partial charge in [0.25, 0.3) is 0 Å². The number of amides is 1. The molecular formula is C28H30N4O3S. The van der Waals surface area contributed by atoms with Crippen LogP contribution in [0.5, 0.6) is 0 Å². The highest BCUT2D eigenvalue weighted by atomic mass is 32.1. The Kier molecular flexibility index (Phi) is 9.71. The van der Waals surface area contributed by atoms with E-state index >= 15 is 0 Å². The van der Waals surface area contributed by atoms with Gasteiger partial charge in [-0.15, -0.1) is 11.3 Å². The van der Waals surface area contributed by atoms with E-state index in [2.05, 4.69) is 10.3 Å². The van der Waals surface area contributed by atoms with Gasteiger partial charge in [0.05, 0.1) is 17.4 Å². The number of carboxylic acid groups (broad SMARTS) is 1. The van der Waals surface area contributed by atoms with Crippen molar-refractivity contribution in [1.82, 2.24) is 5.32 Å². The summed E-state index contributed by atoms with van der Waals surface area (Å²) in [5.74, 6) is -1.25. The van der Waals surface area contributed by atoms with E-state index in [9.17, 15) is 9.59 Å². The first-order chi connectivity index (χ1) is 17.3. The molecule has 0 spiro atoms. The number of aliphatic carboxylic acids is 1. The quantitative estimate of drug-likeness (QED) is 0.250. The lowest BCUT2D eigenvalue weighted by atomic mass is 9.95. The molecule has 2 aromatic carbocycles. The largest absolute Gasteiger partial charge is 0.481 e. The zero-order valence-electron chi connectivity index (χ0n) is 20.1. The standard InChI is InChI=1S/C28H30N4O3S/c1-19-12-14-20(15-13-19)28(30)22(18-31-21-7-3-2-4-8-21)24(17-23(29)25-9-6-16-36-25)32-26(33)10-5-11-27(34)35/h2-4,6-9,12-16,18,24,29H,5,10-11,17,30H2,1H3,(H,32,33)(H,34,35). The Morgan fingerprint density at radius 2 is 1.81 bits per heavy atom. The molecule has 1 amide bonds. The van der Waals surface area contributed by atoms with Crippen LogP contribution < -0.4 is 11.1 Å². The lowest BCUT2D eigenvalue weighted by Crippen LogP contribution is -2.39. The van der Waals surface area contributed by atoms with Crippen LogP contribution in [-0.4, -0.2) is 35.0 Å². The van der Waals surface area contributed by atoms with E-state index in [1.54, 1.807) is 6.21 Å². The lowest BCUT2D eigenvalue weighted by molar-refractivity contribution is -0.137. The molecule has 7 nitrogen and oxygen atoms in total. The number of para-hydroxylation sites is 1. The van der Waals surface area contributed by atoms with Crippen molar-refractivity contribution >= 4 is 46.5 Å².